The summed E-state index contributed by atoms with van der Waals surface area (Å²) in [5.41, 5.74) is 7.29. The van der Waals surface area contributed by atoms with Gasteiger partial charge in [0, 0.05) is 23.5 Å². The molecule has 2 aromatic heterocycles. The Morgan fingerprint density at radius 3 is 2.57 bits per heavy atom. The highest BCUT2D eigenvalue weighted by atomic mass is 16.3. The summed E-state index contributed by atoms with van der Waals surface area (Å²) in [5, 5.41) is 17.8. The molecule has 3 heterocycles. The molecule has 0 bridgehead atoms. The van der Waals surface area contributed by atoms with Gasteiger partial charge in [-0.05, 0) is 67.1 Å². The highest BCUT2D eigenvalue weighted by Crippen LogP contribution is 2.29. The van der Waals surface area contributed by atoms with Crippen molar-refractivity contribution in [3.63, 3.8) is 0 Å². The third-order valence-corrected chi connectivity index (χ3v) is 6.09. The van der Waals surface area contributed by atoms with E-state index in [0.29, 0.717) is 5.92 Å². The minimum absolute atomic E-state index is 0.501. The zero-order valence-electron chi connectivity index (χ0n) is 17.1. The fourth-order valence-corrected chi connectivity index (χ4v) is 4.30. The number of nitrogens with one attached hydrogen (secondary N) is 1. The van der Waals surface area contributed by atoms with E-state index in [2.05, 4.69) is 34.7 Å². The molecule has 2 aromatic carbocycles. The van der Waals surface area contributed by atoms with Crippen LogP contribution in [-0.4, -0.2) is 32.8 Å². The van der Waals surface area contributed by atoms with Gasteiger partial charge in [0.25, 0.3) is 0 Å². The molecule has 4 aromatic rings. The van der Waals surface area contributed by atoms with Crippen molar-refractivity contribution in [2.75, 3.05) is 13.1 Å². The summed E-state index contributed by atoms with van der Waals surface area (Å²) in [6.07, 6.45) is 7.70. The van der Waals surface area contributed by atoms with Gasteiger partial charge in [0.2, 0.25) is 0 Å². The molecule has 0 aliphatic carbocycles. The van der Waals surface area contributed by atoms with Crippen LogP contribution in [0, 0.1) is 0 Å². The summed E-state index contributed by atoms with van der Waals surface area (Å²) in [7, 11) is 0. The fraction of sp³-hybridized carbons (Fsp3) is 0.280. The maximum Gasteiger partial charge on any atom is 0.162 e. The van der Waals surface area contributed by atoms with E-state index in [1.54, 1.807) is 6.92 Å². The van der Waals surface area contributed by atoms with E-state index in [1.165, 1.54) is 18.4 Å². The van der Waals surface area contributed by atoms with Gasteiger partial charge in [-0.1, -0.05) is 42.5 Å². The molecule has 0 spiro atoms. The van der Waals surface area contributed by atoms with Crippen LogP contribution in [0.5, 0.6) is 0 Å². The number of fused-ring (bicyclic) bond motifs is 1. The molecule has 0 saturated carbocycles. The van der Waals surface area contributed by atoms with E-state index >= 15 is 0 Å². The first-order valence-electron chi connectivity index (χ1n) is 10.6. The van der Waals surface area contributed by atoms with Crippen molar-refractivity contribution in [3.8, 4) is 22.3 Å². The Hall–Kier alpha value is -3.02. The van der Waals surface area contributed by atoms with Gasteiger partial charge in [0.15, 0.2) is 5.65 Å². The van der Waals surface area contributed by atoms with Gasteiger partial charge in [-0.25, -0.2) is 9.50 Å². The van der Waals surface area contributed by atoms with Crippen molar-refractivity contribution in [3.05, 3.63) is 78.2 Å². The first kappa shape index (κ1) is 19.0. The lowest BCUT2D eigenvalue weighted by atomic mass is 9.89. The third-order valence-electron chi connectivity index (χ3n) is 6.09. The van der Waals surface area contributed by atoms with Crippen molar-refractivity contribution in [2.24, 2.45) is 0 Å². The van der Waals surface area contributed by atoms with Crippen molar-refractivity contribution in [1.29, 1.82) is 0 Å². The quantitative estimate of drug-likeness (QED) is 0.528. The Bertz CT molecular complexity index is 1160. The summed E-state index contributed by atoms with van der Waals surface area (Å²) in [4.78, 5) is 4.71. The van der Waals surface area contributed by atoms with Gasteiger partial charge in [-0.15, -0.1) is 0 Å². The number of piperidine rings is 1. The largest absolute Gasteiger partial charge is 0.389 e. The Balaban J connectivity index is 1.44. The second kappa shape index (κ2) is 8.01. The van der Waals surface area contributed by atoms with Crippen molar-refractivity contribution in [2.45, 2.75) is 31.8 Å². The smallest absolute Gasteiger partial charge is 0.162 e. The highest BCUT2D eigenvalue weighted by molar-refractivity contribution is 5.78. The summed E-state index contributed by atoms with van der Waals surface area (Å²) in [6.45, 7) is 3.99. The van der Waals surface area contributed by atoms with Crippen LogP contribution in [0.1, 0.15) is 42.9 Å². The molecule has 2 N–H and O–H groups in total. The predicted octanol–water partition coefficient (Wildman–Crippen LogP) is 4.58. The molecule has 30 heavy (non-hydrogen) atoms. The van der Waals surface area contributed by atoms with Gasteiger partial charge in [-0.3, -0.25) is 0 Å². The van der Waals surface area contributed by atoms with Gasteiger partial charge >= 0.3 is 0 Å². The van der Waals surface area contributed by atoms with Gasteiger partial charge in [0.1, 0.15) is 0 Å². The lowest BCUT2D eigenvalue weighted by Gasteiger charge is -2.23. The number of hydrogen-bond acceptors (Lipinski definition) is 4. The number of nitrogens with zero attached hydrogens (tertiary/aromatic N) is 3. The van der Waals surface area contributed by atoms with E-state index in [4.69, 9.17) is 4.98 Å². The fourth-order valence-electron chi connectivity index (χ4n) is 4.30. The summed E-state index contributed by atoms with van der Waals surface area (Å²) in [6, 6.07) is 16.8. The number of aliphatic hydroxyl groups excluding tert-OH is 1. The van der Waals surface area contributed by atoms with Crippen LogP contribution in [0.15, 0.2) is 67.1 Å². The van der Waals surface area contributed by atoms with Crippen molar-refractivity contribution < 1.29 is 5.11 Å². The molecule has 0 amide bonds. The molecule has 1 fully saturated rings. The van der Waals surface area contributed by atoms with Crippen LogP contribution < -0.4 is 5.32 Å². The van der Waals surface area contributed by atoms with Crippen LogP contribution >= 0.6 is 0 Å². The van der Waals surface area contributed by atoms with Gasteiger partial charge in [-0.2, -0.15) is 5.10 Å². The molecule has 0 radical (unpaired) electrons. The zero-order chi connectivity index (χ0) is 20.5. The lowest BCUT2D eigenvalue weighted by molar-refractivity contribution is 0.199. The van der Waals surface area contributed by atoms with E-state index in [-0.39, 0.29) is 0 Å². The van der Waals surface area contributed by atoms with Crippen LogP contribution in [0.4, 0.5) is 0 Å². The molecule has 1 aliphatic heterocycles. The van der Waals surface area contributed by atoms with Crippen LogP contribution in [0.25, 0.3) is 27.9 Å². The molecule has 152 valence electrons. The SMILES string of the molecule is CC(O)c1cccc(-c2cnn3cc(-c4ccc(C5CCNCC5)cc4)cnc23)c1. The second-order valence-corrected chi connectivity index (χ2v) is 8.12. The van der Waals surface area contributed by atoms with E-state index in [9.17, 15) is 5.11 Å². The van der Waals surface area contributed by atoms with E-state index in [0.717, 1.165) is 46.6 Å². The number of aliphatic hydroxyl groups is 1. The second-order valence-electron chi connectivity index (χ2n) is 8.12. The molecule has 5 rings (SSSR count). The van der Waals surface area contributed by atoms with E-state index < -0.39 is 6.10 Å². The molecular formula is C25H26N4O. The minimum Gasteiger partial charge on any atom is -0.389 e. The maximum atomic E-state index is 9.88. The van der Waals surface area contributed by atoms with Gasteiger partial charge < -0.3 is 10.4 Å². The van der Waals surface area contributed by atoms with Crippen LogP contribution in [0.3, 0.4) is 0 Å². The predicted molar refractivity (Wildman–Crippen MR) is 119 cm³/mol. The van der Waals surface area contributed by atoms with Crippen molar-refractivity contribution >= 4 is 5.65 Å². The monoisotopic (exact) mass is 398 g/mol. The summed E-state index contributed by atoms with van der Waals surface area (Å²) < 4.78 is 1.83. The maximum absolute atomic E-state index is 9.88. The number of rotatable bonds is 4. The first-order valence-corrected chi connectivity index (χ1v) is 10.6. The summed E-state index contributed by atoms with van der Waals surface area (Å²) in [5.74, 6) is 0.659. The Morgan fingerprint density at radius 2 is 1.80 bits per heavy atom. The first-order chi connectivity index (χ1) is 14.7. The van der Waals surface area contributed by atoms with Crippen molar-refractivity contribution in [1.82, 2.24) is 19.9 Å². The number of aromatic nitrogens is 3. The standard InChI is InChI=1S/C25H26N4O/c1-17(30)21-3-2-4-22(13-21)24-15-28-29-16-23(14-27-25(24)29)19-7-5-18(6-8-19)20-9-11-26-12-10-20/h2-8,13-17,20,26,30H,9-12H2,1H3. The minimum atomic E-state index is -0.501. The molecule has 1 saturated heterocycles. The van der Waals surface area contributed by atoms with Crippen LogP contribution in [-0.2, 0) is 0 Å². The third kappa shape index (κ3) is 3.62. The molecule has 5 heteroatoms. The number of benzene rings is 2. The molecule has 1 atom stereocenters. The molecule has 5 nitrogen and oxygen atoms in total. The highest BCUT2D eigenvalue weighted by Gasteiger charge is 2.15. The zero-order valence-corrected chi connectivity index (χ0v) is 17.1. The topological polar surface area (TPSA) is 62.5 Å². The average Bonchev–Trinajstić information content (AvgIpc) is 3.23. The van der Waals surface area contributed by atoms with E-state index in [1.807, 2.05) is 47.4 Å². The normalized spacial score (nSPS) is 16.1. The lowest BCUT2D eigenvalue weighted by Crippen LogP contribution is -2.26. The van der Waals surface area contributed by atoms with Crippen LogP contribution in [0.2, 0.25) is 0 Å². The Morgan fingerprint density at radius 1 is 1.00 bits per heavy atom. The van der Waals surface area contributed by atoms with Gasteiger partial charge in [0.05, 0.1) is 12.3 Å². The molecule has 1 aliphatic rings. The summed E-state index contributed by atoms with van der Waals surface area (Å²) >= 11 is 0. The molecular weight excluding hydrogens is 372 g/mol. The molecule has 1 unspecified atom stereocenters. The average molecular weight is 399 g/mol. The Labute approximate surface area is 176 Å². The number of hydrogen-bond donors (Lipinski definition) is 2. The Kier molecular flexibility index (Phi) is 5.07.